The van der Waals surface area contributed by atoms with E-state index in [4.69, 9.17) is 5.11 Å². The van der Waals surface area contributed by atoms with Crippen molar-refractivity contribution < 1.29 is 27.9 Å². The van der Waals surface area contributed by atoms with E-state index in [1.165, 1.54) is 45.1 Å². The van der Waals surface area contributed by atoms with Crippen LogP contribution in [-0.2, 0) is 34.0 Å². The Morgan fingerprint density at radius 3 is 2.22 bits per heavy atom. The zero-order chi connectivity index (χ0) is 34.5. The molecule has 4 aromatic carbocycles. The Labute approximate surface area is 292 Å². The molecule has 1 fully saturated rings. The predicted octanol–water partition coefficient (Wildman–Crippen LogP) is 5.94. The summed E-state index contributed by atoms with van der Waals surface area (Å²) in [5.41, 5.74) is 2.99. The monoisotopic (exact) mass is 697 g/mol. The first-order chi connectivity index (χ1) is 23.6. The Morgan fingerprint density at radius 2 is 1.51 bits per heavy atom. The summed E-state index contributed by atoms with van der Waals surface area (Å²) in [7, 11) is -4.10. The summed E-state index contributed by atoms with van der Waals surface area (Å²) in [6.07, 6.45) is 3.97. The van der Waals surface area contributed by atoms with Gasteiger partial charge in [-0.25, -0.2) is 8.42 Å². The molecular weight excluding hydrogens is 659 g/mol. The van der Waals surface area contributed by atoms with E-state index in [0.717, 1.165) is 45.3 Å². The molecule has 49 heavy (non-hydrogen) atoms. The van der Waals surface area contributed by atoms with Crippen LogP contribution in [0.25, 0.3) is 0 Å². The van der Waals surface area contributed by atoms with Gasteiger partial charge in [0.15, 0.2) is 0 Å². The molecule has 2 amide bonds. The van der Waals surface area contributed by atoms with Gasteiger partial charge in [-0.2, -0.15) is 0 Å². The zero-order valence-corrected chi connectivity index (χ0v) is 28.8. The van der Waals surface area contributed by atoms with E-state index in [2.05, 4.69) is 42.0 Å². The Hall–Kier alpha value is -4.45. The lowest BCUT2D eigenvalue weighted by Crippen LogP contribution is -2.36. The van der Waals surface area contributed by atoms with E-state index in [1.54, 1.807) is 36.4 Å². The maximum Gasteiger partial charge on any atom is 0.307 e. The molecule has 2 aliphatic heterocycles. The smallest absolute Gasteiger partial charge is 0.307 e. The normalized spacial score (nSPS) is 16.0. The highest BCUT2D eigenvalue weighted by molar-refractivity contribution is 7.91. The van der Waals surface area contributed by atoms with Crippen molar-refractivity contribution in [1.29, 1.82) is 0 Å². The number of benzene rings is 4. The Kier molecular flexibility index (Phi) is 10.5. The molecule has 2 aliphatic rings. The number of amides is 2. The molecule has 0 bridgehead atoms. The van der Waals surface area contributed by atoms with E-state index in [1.807, 2.05) is 6.07 Å². The summed E-state index contributed by atoms with van der Waals surface area (Å²) in [4.78, 5) is 42.4. The number of carboxylic acids is 1. The Balaban J connectivity index is 1.16. The number of fused-ring (bicyclic) bond motifs is 2. The highest BCUT2D eigenvalue weighted by Crippen LogP contribution is 2.38. The molecule has 4 aromatic rings. The van der Waals surface area contributed by atoms with Gasteiger partial charge >= 0.3 is 5.97 Å². The van der Waals surface area contributed by atoms with Gasteiger partial charge in [0.1, 0.15) is 0 Å². The van der Waals surface area contributed by atoms with Crippen LogP contribution in [0.5, 0.6) is 0 Å². The van der Waals surface area contributed by atoms with Gasteiger partial charge in [0.25, 0.3) is 11.8 Å². The minimum atomic E-state index is -4.10. The van der Waals surface area contributed by atoms with Crippen molar-refractivity contribution in [2.24, 2.45) is 5.92 Å². The molecule has 11 heteroatoms. The molecule has 0 atom stereocenters. The fourth-order valence-electron chi connectivity index (χ4n) is 6.67. The molecule has 1 saturated heterocycles. The van der Waals surface area contributed by atoms with E-state index in [-0.39, 0.29) is 39.6 Å². The number of sulfone groups is 1. The lowest BCUT2D eigenvalue weighted by Gasteiger charge is -2.32. The van der Waals surface area contributed by atoms with Crippen LogP contribution in [0.3, 0.4) is 0 Å². The summed E-state index contributed by atoms with van der Waals surface area (Å²) >= 11 is 4.50. The van der Waals surface area contributed by atoms with Gasteiger partial charge in [0.05, 0.1) is 34.0 Å². The molecule has 0 saturated carbocycles. The van der Waals surface area contributed by atoms with Crippen LogP contribution >= 0.6 is 12.8 Å². The number of rotatable bonds is 11. The number of hydrogen-bond acceptors (Lipinski definition) is 7. The zero-order valence-electron chi connectivity index (χ0n) is 27.1. The third-order valence-corrected chi connectivity index (χ3v) is 11.6. The molecule has 1 N–H and O–H groups in total. The van der Waals surface area contributed by atoms with Gasteiger partial charge in [-0.3, -0.25) is 18.7 Å². The maximum atomic E-state index is 14.0. The topological polar surface area (TPSA) is 115 Å². The standard InChI is InChI=1S/C38H39N3O6S2/c42-36(43)24-28-11-13-30(14-12-28)26-40-33-25-31(15-16-35(33)49(46,47)34-10-5-4-9-32(34)38(40)45)37(44)41(48)20-6-19-39-21-17-29(18-22-39)23-27-7-2-1-3-8-27/h1-5,7-16,25,29,48H,6,17-24,26H2,(H,42,43). The summed E-state index contributed by atoms with van der Waals surface area (Å²) in [5.74, 6) is -1.19. The third-order valence-electron chi connectivity index (χ3n) is 9.31. The molecule has 0 unspecified atom stereocenters. The number of carbonyl (C=O) groups is 3. The van der Waals surface area contributed by atoms with E-state index in [0.29, 0.717) is 23.6 Å². The number of nitrogens with zero attached hydrogens (tertiary/aromatic N) is 3. The molecule has 0 spiro atoms. The second kappa shape index (κ2) is 15.0. The summed E-state index contributed by atoms with van der Waals surface area (Å²) in [5, 5.41) is 9.13. The lowest BCUT2D eigenvalue weighted by atomic mass is 9.90. The van der Waals surface area contributed by atoms with Gasteiger partial charge in [0.2, 0.25) is 9.84 Å². The van der Waals surface area contributed by atoms with Gasteiger partial charge in [-0.15, -0.1) is 0 Å². The molecule has 9 nitrogen and oxygen atoms in total. The number of hydrogen-bond donors (Lipinski definition) is 2. The number of thiol groups is 1. The van der Waals surface area contributed by atoms with Crippen molar-refractivity contribution >= 4 is 46.1 Å². The van der Waals surface area contributed by atoms with Crippen molar-refractivity contribution in [2.45, 2.75) is 48.4 Å². The largest absolute Gasteiger partial charge is 0.481 e. The van der Waals surface area contributed by atoms with Crippen LogP contribution < -0.4 is 4.90 Å². The van der Waals surface area contributed by atoms with Crippen LogP contribution in [0, 0.1) is 5.92 Å². The first kappa shape index (κ1) is 34.4. The quantitative estimate of drug-likeness (QED) is 0.187. The fourth-order valence-corrected chi connectivity index (χ4v) is 8.56. The minimum absolute atomic E-state index is 0.00725. The highest BCUT2D eigenvalue weighted by atomic mass is 32.2. The molecular formula is C38H39N3O6S2. The van der Waals surface area contributed by atoms with E-state index < -0.39 is 27.6 Å². The number of anilines is 1. The van der Waals surface area contributed by atoms with Gasteiger partial charge in [-0.1, -0.05) is 79.5 Å². The number of piperidine rings is 1. The molecule has 6 rings (SSSR count). The van der Waals surface area contributed by atoms with Crippen molar-refractivity contribution in [1.82, 2.24) is 9.21 Å². The second-order valence-corrected chi connectivity index (χ2v) is 15.1. The number of carboxylic acid groups (broad SMARTS) is 1. The molecule has 0 aliphatic carbocycles. The maximum absolute atomic E-state index is 14.0. The van der Waals surface area contributed by atoms with Crippen molar-refractivity contribution in [2.75, 3.05) is 31.1 Å². The van der Waals surface area contributed by atoms with Crippen LogP contribution in [0.15, 0.2) is 107 Å². The first-order valence-corrected chi connectivity index (χ1v) is 18.3. The van der Waals surface area contributed by atoms with Gasteiger partial charge in [0, 0.05) is 12.1 Å². The van der Waals surface area contributed by atoms with Crippen LogP contribution in [0.2, 0.25) is 0 Å². The van der Waals surface area contributed by atoms with Crippen molar-refractivity contribution in [3.05, 3.63) is 125 Å². The number of carbonyl (C=O) groups excluding carboxylic acids is 2. The average Bonchev–Trinajstić information content (AvgIpc) is 3.17. The molecule has 0 aromatic heterocycles. The van der Waals surface area contributed by atoms with E-state index in [9.17, 15) is 22.8 Å². The third kappa shape index (κ3) is 7.90. The highest BCUT2D eigenvalue weighted by Gasteiger charge is 2.36. The first-order valence-electron chi connectivity index (χ1n) is 16.5. The average molecular weight is 698 g/mol. The number of aliphatic carboxylic acids is 1. The Bertz CT molecular complexity index is 1940. The minimum Gasteiger partial charge on any atom is -0.481 e. The van der Waals surface area contributed by atoms with Crippen molar-refractivity contribution in [3.63, 3.8) is 0 Å². The SMILES string of the molecule is O=C(O)Cc1ccc(CN2C(=O)c3ccccc3S(=O)(=O)c3ccc(C(=O)N(S)CCCN4CCC(Cc5ccccc5)CC4)cc32)cc1. The summed E-state index contributed by atoms with van der Waals surface area (Å²) in [6, 6.07) is 27.8. The molecule has 254 valence electrons. The van der Waals surface area contributed by atoms with Crippen LogP contribution in [0.1, 0.15) is 56.7 Å². The molecule has 0 radical (unpaired) electrons. The van der Waals surface area contributed by atoms with E-state index >= 15 is 0 Å². The summed E-state index contributed by atoms with van der Waals surface area (Å²) < 4.78 is 29.1. The van der Waals surface area contributed by atoms with Crippen molar-refractivity contribution in [3.8, 4) is 0 Å². The predicted molar refractivity (Wildman–Crippen MR) is 191 cm³/mol. The lowest BCUT2D eigenvalue weighted by molar-refractivity contribution is -0.136. The van der Waals surface area contributed by atoms with Crippen LogP contribution in [0.4, 0.5) is 5.69 Å². The molecule has 2 heterocycles. The summed E-state index contributed by atoms with van der Waals surface area (Å²) in [6.45, 7) is 3.29. The van der Waals surface area contributed by atoms with Gasteiger partial charge < -0.3 is 14.9 Å². The fraction of sp³-hybridized carbons (Fsp3) is 0.289. The Morgan fingerprint density at radius 1 is 0.837 bits per heavy atom. The second-order valence-electron chi connectivity index (χ2n) is 12.7. The number of likely N-dealkylation sites (tertiary alicyclic amines) is 1. The van der Waals surface area contributed by atoms with Crippen LogP contribution in [-0.4, -0.2) is 66.7 Å². The van der Waals surface area contributed by atoms with Gasteiger partial charge in [-0.05, 0) is 98.3 Å².